The third-order valence-electron chi connectivity index (χ3n) is 1.12. The van der Waals surface area contributed by atoms with E-state index < -0.39 is 0 Å². The highest BCUT2D eigenvalue weighted by Gasteiger charge is 1.95. The lowest BCUT2D eigenvalue weighted by atomic mass is 10.2. The monoisotopic (exact) mass is 250 g/mol. The number of rotatable bonds is 1. The van der Waals surface area contributed by atoms with Gasteiger partial charge in [-0.1, -0.05) is 0 Å². The molecule has 54 valence electrons. The molecule has 10 heavy (non-hydrogen) atoms. The van der Waals surface area contributed by atoms with Gasteiger partial charge in [0.25, 0.3) is 0 Å². The Morgan fingerprint density at radius 2 is 2.10 bits per heavy atom. The van der Waals surface area contributed by atoms with E-state index in [-0.39, 0.29) is 5.75 Å². The summed E-state index contributed by atoms with van der Waals surface area (Å²) in [5.74, 6) is 0.921. The summed E-state index contributed by atoms with van der Waals surface area (Å²) < 4.78 is 4.89. The molecule has 0 aliphatic carbocycles. The van der Waals surface area contributed by atoms with Gasteiger partial charge in [0.2, 0.25) is 0 Å². The predicted molar refractivity (Wildman–Crippen MR) is 47.5 cm³/mol. The molecule has 0 spiro atoms. The molecule has 0 bridgehead atoms. The van der Waals surface area contributed by atoms with Gasteiger partial charge in [-0.05, 0) is 24.6 Å². The molecule has 0 saturated carbocycles. The summed E-state index contributed by atoms with van der Waals surface area (Å²) in [4.78, 5) is 0. The van der Waals surface area contributed by atoms with Crippen molar-refractivity contribution in [2.75, 3.05) is 0 Å². The number of hydrogen-bond acceptors (Lipinski definition) is 2. The summed E-state index contributed by atoms with van der Waals surface area (Å²) >= 11 is 1.78. The molecule has 0 atom stereocenters. The zero-order valence-corrected chi connectivity index (χ0v) is 7.62. The van der Waals surface area contributed by atoms with Crippen molar-refractivity contribution < 1.29 is 8.17 Å². The molecule has 0 unspecified atom stereocenters. The Morgan fingerprint density at radius 1 is 1.40 bits per heavy atom. The van der Waals surface area contributed by atoms with Crippen molar-refractivity contribution >= 4 is 23.0 Å². The van der Waals surface area contributed by atoms with E-state index in [1.54, 1.807) is 35.1 Å². The van der Waals surface area contributed by atoms with E-state index in [0.29, 0.717) is 5.75 Å². The average Bonchev–Trinajstić information content (AvgIpc) is 1.85. The van der Waals surface area contributed by atoms with Gasteiger partial charge in [-0.15, -0.1) is 0 Å². The molecule has 0 aliphatic heterocycles. The first-order chi connectivity index (χ1) is 4.72. The van der Waals surface area contributed by atoms with Crippen LogP contribution in [0.15, 0.2) is 18.2 Å². The summed E-state index contributed by atoms with van der Waals surface area (Å²) in [6.07, 6.45) is 0. The lowest BCUT2D eigenvalue weighted by Crippen LogP contribution is -1.76. The fraction of sp³-hybridized carbons (Fsp3) is 0.143. The van der Waals surface area contributed by atoms with Crippen LogP contribution in [-0.2, 0) is 0 Å². The zero-order chi connectivity index (χ0) is 7.56. The van der Waals surface area contributed by atoms with Crippen LogP contribution in [0.2, 0.25) is 0 Å². The SMILES string of the molecule is Cc1cc(O)cc(OI)c1. The van der Waals surface area contributed by atoms with E-state index in [9.17, 15) is 0 Å². The van der Waals surface area contributed by atoms with Crippen molar-refractivity contribution in [3.63, 3.8) is 0 Å². The van der Waals surface area contributed by atoms with Crippen LogP contribution >= 0.6 is 23.0 Å². The highest BCUT2D eigenvalue weighted by molar-refractivity contribution is 14.1. The van der Waals surface area contributed by atoms with Gasteiger partial charge in [-0.3, -0.25) is 0 Å². The van der Waals surface area contributed by atoms with Crippen molar-refractivity contribution in [3.05, 3.63) is 23.8 Å². The van der Waals surface area contributed by atoms with E-state index >= 15 is 0 Å². The highest BCUT2D eigenvalue weighted by atomic mass is 127. The smallest absolute Gasteiger partial charge is 0.192 e. The van der Waals surface area contributed by atoms with Gasteiger partial charge in [0.1, 0.15) is 11.5 Å². The lowest BCUT2D eigenvalue weighted by molar-refractivity contribution is 0.472. The minimum Gasteiger partial charge on any atom is -0.508 e. The van der Waals surface area contributed by atoms with Crippen molar-refractivity contribution in [3.8, 4) is 11.5 Å². The number of phenolic OH excluding ortho intramolecular Hbond substituents is 1. The number of halogens is 1. The van der Waals surface area contributed by atoms with Crippen LogP contribution in [-0.4, -0.2) is 5.11 Å². The number of aromatic hydroxyl groups is 1. The Kier molecular flexibility index (Phi) is 2.37. The highest BCUT2D eigenvalue weighted by Crippen LogP contribution is 2.22. The minimum absolute atomic E-state index is 0.242. The second kappa shape index (κ2) is 3.09. The van der Waals surface area contributed by atoms with Crippen molar-refractivity contribution in [1.82, 2.24) is 0 Å². The van der Waals surface area contributed by atoms with Crippen LogP contribution < -0.4 is 3.07 Å². The molecule has 1 aromatic carbocycles. The van der Waals surface area contributed by atoms with Crippen LogP contribution in [0.5, 0.6) is 11.5 Å². The first-order valence-corrected chi connectivity index (χ1v) is 3.69. The van der Waals surface area contributed by atoms with Gasteiger partial charge in [0, 0.05) is 6.07 Å². The Morgan fingerprint density at radius 3 is 2.60 bits per heavy atom. The molecular formula is C7H7IO2. The first-order valence-electron chi connectivity index (χ1n) is 2.81. The van der Waals surface area contributed by atoms with E-state index in [2.05, 4.69) is 0 Å². The van der Waals surface area contributed by atoms with Crippen LogP contribution in [0.1, 0.15) is 5.56 Å². The van der Waals surface area contributed by atoms with Gasteiger partial charge in [-0.2, -0.15) is 0 Å². The van der Waals surface area contributed by atoms with Crippen molar-refractivity contribution in [1.29, 1.82) is 0 Å². The molecule has 3 heteroatoms. The molecule has 1 rings (SSSR count). The van der Waals surface area contributed by atoms with Crippen LogP contribution in [0.4, 0.5) is 0 Å². The maximum atomic E-state index is 9.04. The van der Waals surface area contributed by atoms with Crippen LogP contribution in [0.25, 0.3) is 0 Å². The number of phenols is 1. The third kappa shape index (κ3) is 1.76. The molecule has 1 N–H and O–H groups in total. The molecular weight excluding hydrogens is 243 g/mol. The van der Waals surface area contributed by atoms with Gasteiger partial charge in [0.05, 0.1) is 0 Å². The predicted octanol–water partition coefficient (Wildman–Crippen LogP) is 2.43. The van der Waals surface area contributed by atoms with Crippen LogP contribution in [0, 0.1) is 6.92 Å². The number of benzene rings is 1. The van der Waals surface area contributed by atoms with E-state index in [1.807, 2.05) is 13.0 Å². The number of aryl methyl sites for hydroxylation is 1. The maximum Gasteiger partial charge on any atom is 0.192 e. The standard InChI is InChI=1S/C7H7IO2/c1-5-2-6(9)4-7(3-5)10-8/h2-4,9H,1H3. The topological polar surface area (TPSA) is 29.5 Å². The summed E-state index contributed by atoms with van der Waals surface area (Å²) in [6.45, 7) is 1.90. The summed E-state index contributed by atoms with van der Waals surface area (Å²) in [6, 6.07) is 5.10. The largest absolute Gasteiger partial charge is 0.508 e. The van der Waals surface area contributed by atoms with Gasteiger partial charge in [0.15, 0.2) is 23.0 Å². The average molecular weight is 250 g/mol. The van der Waals surface area contributed by atoms with E-state index in [0.717, 1.165) is 5.56 Å². The lowest BCUT2D eigenvalue weighted by Gasteiger charge is -1.98. The molecule has 1 aromatic rings. The third-order valence-corrected chi connectivity index (χ3v) is 1.63. The molecule has 0 saturated heterocycles. The molecule has 0 heterocycles. The summed E-state index contributed by atoms with van der Waals surface area (Å²) in [5, 5.41) is 9.04. The molecule has 0 aliphatic rings. The second-order valence-corrected chi connectivity index (χ2v) is 2.52. The normalized spacial score (nSPS) is 9.40. The molecule has 0 radical (unpaired) electrons. The van der Waals surface area contributed by atoms with Crippen LogP contribution in [0.3, 0.4) is 0 Å². The minimum atomic E-state index is 0.242. The fourth-order valence-corrected chi connectivity index (χ4v) is 1.03. The molecule has 2 nitrogen and oxygen atoms in total. The van der Waals surface area contributed by atoms with Gasteiger partial charge < -0.3 is 8.17 Å². The number of hydrogen-bond donors (Lipinski definition) is 1. The van der Waals surface area contributed by atoms with E-state index in [4.69, 9.17) is 8.17 Å². The van der Waals surface area contributed by atoms with E-state index in [1.165, 1.54) is 0 Å². The fourth-order valence-electron chi connectivity index (χ4n) is 0.773. The summed E-state index contributed by atoms with van der Waals surface area (Å²) in [5.41, 5.74) is 0.992. The second-order valence-electron chi connectivity index (χ2n) is 2.08. The van der Waals surface area contributed by atoms with Gasteiger partial charge >= 0.3 is 0 Å². The quantitative estimate of drug-likeness (QED) is 0.775. The van der Waals surface area contributed by atoms with Crippen molar-refractivity contribution in [2.45, 2.75) is 6.92 Å². The molecule has 0 amide bonds. The summed E-state index contributed by atoms with van der Waals surface area (Å²) in [7, 11) is 0. The Bertz CT molecular complexity index is 215. The Labute approximate surface area is 73.5 Å². The Balaban J connectivity index is 3.06. The maximum absolute atomic E-state index is 9.04. The molecule has 0 fully saturated rings. The van der Waals surface area contributed by atoms with Gasteiger partial charge in [-0.25, -0.2) is 0 Å². The molecule has 0 aromatic heterocycles. The van der Waals surface area contributed by atoms with Crippen molar-refractivity contribution in [2.24, 2.45) is 0 Å². The zero-order valence-electron chi connectivity index (χ0n) is 5.47. The Hall–Kier alpha value is -0.450. The first kappa shape index (κ1) is 7.65.